The molecule has 1 aromatic rings. The number of rotatable bonds is 0. The molecule has 0 saturated heterocycles. The first-order valence-corrected chi connectivity index (χ1v) is 2.46. The van der Waals surface area contributed by atoms with E-state index in [-0.39, 0.29) is 17.0 Å². The molecule has 3 rings (SSSR count). The molecule has 0 aromatic carbocycles. The first kappa shape index (κ1) is 5.05. The summed E-state index contributed by atoms with van der Waals surface area (Å²) < 4.78 is 4.82. The average Bonchev–Trinajstić information content (AvgIpc) is 1.72. The lowest BCUT2D eigenvalue weighted by Crippen LogP contribution is -1.89. The van der Waals surface area contributed by atoms with Crippen LogP contribution in [-0.4, -0.2) is 4.98 Å². The third-order valence-corrected chi connectivity index (χ3v) is 1.35. The van der Waals surface area contributed by atoms with Crippen LogP contribution in [0.1, 0.15) is 0 Å². The Labute approximate surface area is 54.9 Å². The lowest BCUT2D eigenvalue weighted by atomic mass is 10.8. The highest BCUT2D eigenvalue weighted by Crippen LogP contribution is 2.36. The molecule has 0 unspecified atom stereocenters. The van der Waals surface area contributed by atoms with Gasteiger partial charge in [-0.3, -0.25) is 0 Å². The molecule has 0 amide bonds. The van der Waals surface area contributed by atoms with Crippen LogP contribution in [0.2, 0.25) is 0 Å². The number of fused-ring (bicyclic) bond motifs is 1. The summed E-state index contributed by atoms with van der Waals surface area (Å²) in [6, 6.07) is 0. The Hall–Kier alpha value is -0.0900. The van der Waals surface area contributed by atoms with Crippen molar-refractivity contribution in [3.05, 3.63) is 5.38 Å². The monoisotopic (exact) mass is 179 g/mol. The quantitative estimate of drug-likeness (QED) is 0.616. The second-order valence-electron chi connectivity index (χ2n) is 1.05. The van der Waals surface area contributed by atoms with Crippen molar-refractivity contribution in [2.24, 2.45) is 0 Å². The van der Waals surface area contributed by atoms with E-state index in [9.17, 15) is 0 Å². The molecule has 2 nitrogen and oxygen atoms in total. The summed E-state index contributed by atoms with van der Waals surface area (Å²) >= 11 is 1.54. The zero-order valence-electron chi connectivity index (χ0n) is 3.25. The zero-order valence-corrected chi connectivity index (χ0v) is 5.78. The fourth-order valence-corrected chi connectivity index (χ4v) is 0.966. The summed E-state index contributed by atoms with van der Waals surface area (Å²) in [5.41, 5.74) is 0. The minimum Gasteiger partial charge on any atom is -0.411 e. The summed E-state index contributed by atoms with van der Waals surface area (Å²) in [5.74, 6) is 0.773. The van der Waals surface area contributed by atoms with Crippen LogP contribution in [0.3, 0.4) is 0 Å². The number of thiazole rings is 1. The van der Waals surface area contributed by atoms with E-state index in [1.165, 1.54) is 11.3 Å². The van der Waals surface area contributed by atoms with Crippen molar-refractivity contribution >= 4 is 28.3 Å². The molecule has 0 atom stereocenters. The van der Waals surface area contributed by atoms with Gasteiger partial charge in [0.1, 0.15) is 0 Å². The van der Waals surface area contributed by atoms with Gasteiger partial charge in [0.25, 0.3) is 5.19 Å². The molecule has 3 heterocycles. The fraction of sp³-hybridized carbons (Fsp3) is 0. The van der Waals surface area contributed by atoms with Crippen molar-refractivity contribution in [2.45, 2.75) is 0 Å². The van der Waals surface area contributed by atoms with E-state index in [0.717, 1.165) is 11.1 Å². The van der Waals surface area contributed by atoms with Crippen molar-refractivity contribution in [3.8, 4) is 11.1 Å². The molecule has 4 heteroatoms. The molecule has 0 spiro atoms. The maximum Gasteiger partial charge on any atom is 0.283 e. The van der Waals surface area contributed by atoms with Gasteiger partial charge in [-0.1, -0.05) is 11.3 Å². The first-order chi connectivity index (χ1) is 2.95. The Morgan fingerprint density at radius 3 is 2.57 bits per heavy atom. The number of halogens is 1. The van der Waals surface area contributed by atoms with Gasteiger partial charge in [-0.05, 0) is 0 Å². The van der Waals surface area contributed by atoms with Crippen LogP contribution in [0.15, 0.2) is 5.38 Å². The molecular formula is C3H2BrNOS. The number of aromatic nitrogens is 1. The molecular weight excluding hydrogens is 178 g/mol. The largest absolute Gasteiger partial charge is 0.411 e. The predicted molar refractivity (Wildman–Crippen MR) is 32.5 cm³/mol. The fourth-order valence-electron chi connectivity index (χ4n) is 0.388. The highest BCUT2D eigenvalue weighted by Gasteiger charge is 2.13. The maximum atomic E-state index is 4.82. The van der Waals surface area contributed by atoms with Crippen molar-refractivity contribution < 1.29 is 4.74 Å². The third-order valence-electron chi connectivity index (χ3n) is 0.654. The lowest BCUT2D eigenvalue weighted by Gasteiger charge is -1.98. The normalized spacial score (nSPS) is 10.9. The minimum atomic E-state index is 0. The van der Waals surface area contributed by atoms with E-state index < -0.39 is 0 Å². The summed E-state index contributed by atoms with van der Waals surface area (Å²) in [7, 11) is 0. The van der Waals surface area contributed by atoms with Gasteiger partial charge in [0.15, 0.2) is 0 Å². The molecule has 0 aliphatic carbocycles. The first-order valence-electron chi connectivity index (χ1n) is 1.58. The van der Waals surface area contributed by atoms with E-state index in [1.807, 2.05) is 5.38 Å². The summed E-state index contributed by atoms with van der Waals surface area (Å²) in [6.45, 7) is 0. The number of hydrogen-bond donors (Lipinski definition) is 0. The average molecular weight is 180 g/mol. The van der Waals surface area contributed by atoms with Crippen molar-refractivity contribution in [1.29, 1.82) is 0 Å². The van der Waals surface area contributed by atoms with Gasteiger partial charge in [-0.2, -0.15) is 4.98 Å². The third kappa shape index (κ3) is 0.542. The number of hydrogen-bond acceptors (Lipinski definition) is 3. The van der Waals surface area contributed by atoms with Crippen LogP contribution in [0.4, 0.5) is 0 Å². The highest BCUT2D eigenvalue weighted by molar-refractivity contribution is 8.93. The van der Waals surface area contributed by atoms with E-state index in [2.05, 4.69) is 4.98 Å². The van der Waals surface area contributed by atoms with Gasteiger partial charge in [0.2, 0.25) is 5.88 Å². The van der Waals surface area contributed by atoms with Gasteiger partial charge in [0.05, 0.1) is 5.38 Å². The Bertz CT molecular complexity index is 151. The molecule has 1 aromatic heterocycles. The zero-order chi connectivity index (χ0) is 3.98. The molecule has 38 valence electrons. The summed E-state index contributed by atoms with van der Waals surface area (Å²) in [5, 5.41) is 2.68. The topological polar surface area (TPSA) is 22.1 Å². The molecule has 0 saturated carbocycles. The standard InChI is InChI=1S/C3HNOS.BrH/c1-2-4-3(5-2)6-1;/h1H;1H. The van der Waals surface area contributed by atoms with Crippen molar-refractivity contribution in [1.82, 2.24) is 4.98 Å². The molecule has 0 radical (unpaired) electrons. The van der Waals surface area contributed by atoms with Gasteiger partial charge < -0.3 is 4.74 Å². The van der Waals surface area contributed by atoms with Crippen LogP contribution < -0.4 is 4.74 Å². The predicted octanol–water partition coefficient (Wildman–Crippen LogP) is 1.83. The Morgan fingerprint density at radius 1 is 1.71 bits per heavy atom. The summed E-state index contributed by atoms with van der Waals surface area (Å²) in [4.78, 5) is 3.85. The number of ether oxygens (including phenoxy) is 1. The van der Waals surface area contributed by atoms with Crippen molar-refractivity contribution in [2.75, 3.05) is 0 Å². The lowest BCUT2D eigenvalue weighted by molar-refractivity contribution is 0.404. The van der Waals surface area contributed by atoms with Gasteiger partial charge in [-0.15, -0.1) is 17.0 Å². The molecule has 2 aliphatic rings. The van der Waals surface area contributed by atoms with E-state index in [1.54, 1.807) is 0 Å². The summed E-state index contributed by atoms with van der Waals surface area (Å²) in [6.07, 6.45) is 0. The Balaban J connectivity index is 0.000000245. The van der Waals surface area contributed by atoms with Crippen LogP contribution in [0.25, 0.3) is 0 Å². The Kier molecular flexibility index (Phi) is 1.05. The Morgan fingerprint density at radius 2 is 2.43 bits per heavy atom. The molecule has 0 N–H and O–H groups in total. The van der Waals surface area contributed by atoms with Crippen molar-refractivity contribution in [3.63, 3.8) is 0 Å². The van der Waals surface area contributed by atoms with E-state index >= 15 is 0 Å². The smallest absolute Gasteiger partial charge is 0.283 e. The molecule has 2 aliphatic heterocycles. The van der Waals surface area contributed by atoms with Gasteiger partial charge >= 0.3 is 0 Å². The van der Waals surface area contributed by atoms with E-state index in [4.69, 9.17) is 4.74 Å². The van der Waals surface area contributed by atoms with Crippen LogP contribution in [-0.2, 0) is 0 Å². The minimum absolute atomic E-state index is 0. The van der Waals surface area contributed by atoms with E-state index in [0.29, 0.717) is 0 Å². The van der Waals surface area contributed by atoms with Crippen LogP contribution >= 0.6 is 28.3 Å². The maximum absolute atomic E-state index is 4.82. The van der Waals surface area contributed by atoms with Crippen LogP contribution in [0.5, 0.6) is 11.1 Å². The molecule has 2 bridgehead atoms. The second-order valence-corrected chi connectivity index (χ2v) is 1.87. The second kappa shape index (κ2) is 1.45. The van der Waals surface area contributed by atoms with Crippen LogP contribution in [0, 0.1) is 0 Å². The van der Waals surface area contributed by atoms with Gasteiger partial charge in [-0.25, -0.2) is 0 Å². The van der Waals surface area contributed by atoms with Gasteiger partial charge in [0, 0.05) is 0 Å². The molecule has 0 fully saturated rings. The number of nitrogens with zero attached hydrogens (tertiary/aromatic N) is 1. The SMILES string of the molecule is Br.c1sc2nc1O2. The highest BCUT2D eigenvalue weighted by atomic mass is 79.9. The molecule has 7 heavy (non-hydrogen) atoms.